The van der Waals surface area contributed by atoms with Crippen molar-refractivity contribution in [2.75, 3.05) is 0 Å². The van der Waals surface area contributed by atoms with Gasteiger partial charge in [0.25, 0.3) is 0 Å². The zero-order valence-corrected chi connectivity index (χ0v) is 8.33. The number of rotatable bonds is 0. The van der Waals surface area contributed by atoms with Gasteiger partial charge in [-0.2, -0.15) is 0 Å². The summed E-state index contributed by atoms with van der Waals surface area (Å²) in [6, 6.07) is 5.87. The predicted octanol–water partition coefficient (Wildman–Crippen LogP) is 1.57. The quantitative estimate of drug-likeness (QED) is 0.622. The second-order valence-electron chi connectivity index (χ2n) is 3.72. The molecular formula is C14H11N. The summed E-state index contributed by atoms with van der Waals surface area (Å²) in [5, 5.41) is 0. The molecule has 0 saturated carbocycles. The van der Waals surface area contributed by atoms with E-state index in [1.165, 1.54) is 0 Å². The highest BCUT2D eigenvalue weighted by molar-refractivity contribution is 5.67. The fraction of sp³-hybridized carbons (Fsp3) is 0.143. The van der Waals surface area contributed by atoms with Crippen LogP contribution in [0.1, 0.15) is 16.7 Å². The molecule has 1 aromatic carbocycles. The summed E-state index contributed by atoms with van der Waals surface area (Å²) in [7, 11) is 0. The maximum Gasteiger partial charge on any atom is 0.100 e. The van der Waals surface area contributed by atoms with Gasteiger partial charge in [0, 0.05) is 12.0 Å². The molecule has 0 fully saturated rings. The molecule has 1 aromatic rings. The van der Waals surface area contributed by atoms with E-state index in [-0.39, 0.29) is 0 Å². The molecule has 15 heavy (non-hydrogen) atoms. The molecule has 0 radical (unpaired) electrons. The Kier molecular flexibility index (Phi) is 2.12. The van der Waals surface area contributed by atoms with Crippen LogP contribution in [0.15, 0.2) is 24.3 Å². The van der Waals surface area contributed by atoms with Crippen molar-refractivity contribution in [1.82, 2.24) is 0 Å². The Labute approximate surface area is 90.0 Å². The average molecular weight is 193 g/mol. The lowest BCUT2D eigenvalue weighted by Gasteiger charge is -2.25. The van der Waals surface area contributed by atoms with Crippen LogP contribution in [0.5, 0.6) is 0 Å². The molecule has 1 heteroatoms. The highest BCUT2D eigenvalue weighted by atomic mass is 14.7. The van der Waals surface area contributed by atoms with Crippen LogP contribution < -0.4 is 5.73 Å². The van der Waals surface area contributed by atoms with Crippen molar-refractivity contribution in [2.45, 2.75) is 12.0 Å². The molecule has 2 rings (SSSR count). The Hall–Kier alpha value is -1.96. The third-order valence-corrected chi connectivity index (χ3v) is 2.65. The highest BCUT2D eigenvalue weighted by Crippen LogP contribution is 2.26. The van der Waals surface area contributed by atoms with Crippen LogP contribution in [0.25, 0.3) is 6.08 Å². The van der Waals surface area contributed by atoms with Crippen LogP contribution >= 0.6 is 0 Å². The minimum atomic E-state index is -0.666. The maximum atomic E-state index is 5.99. The molecule has 0 bridgehead atoms. The van der Waals surface area contributed by atoms with Gasteiger partial charge in [0.2, 0.25) is 0 Å². The van der Waals surface area contributed by atoms with E-state index in [0.717, 1.165) is 16.7 Å². The third kappa shape index (κ3) is 1.54. The molecule has 0 aromatic heterocycles. The first-order valence-corrected chi connectivity index (χ1v) is 4.73. The van der Waals surface area contributed by atoms with E-state index in [1.54, 1.807) is 0 Å². The Morgan fingerprint density at radius 2 is 2.13 bits per heavy atom. The molecule has 1 nitrogen and oxygen atoms in total. The van der Waals surface area contributed by atoms with Crippen LogP contribution in [-0.4, -0.2) is 5.54 Å². The molecule has 0 amide bonds. The molecule has 1 atom stereocenters. The van der Waals surface area contributed by atoms with Crippen molar-refractivity contribution in [3.8, 4) is 24.7 Å². The summed E-state index contributed by atoms with van der Waals surface area (Å²) < 4.78 is 0. The van der Waals surface area contributed by atoms with Gasteiger partial charge in [-0.15, -0.1) is 12.8 Å². The second kappa shape index (κ2) is 3.31. The van der Waals surface area contributed by atoms with E-state index in [0.29, 0.717) is 6.42 Å². The minimum absolute atomic E-state index is 0.644. The Morgan fingerprint density at radius 3 is 2.80 bits per heavy atom. The predicted molar refractivity (Wildman–Crippen MR) is 62.9 cm³/mol. The van der Waals surface area contributed by atoms with E-state index < -0.39 is 5.54 Å². The summed E-state index contributed by atoms with van der Waals surface area (Å²) in [5.41, 5.74) is 8.40. The van der Waals surface area contributed by atoms with E-state index in [9.17, 15) is 0 Å². The van der Waals surface area contributed by atoms with Crippen LogP contribution in [0.3, 0.4) is 0 Å². The first kappa shape index (κ1) is 9.59. The smallest absolute Gasteiger partial charge is 0.100 e. The topological polar surface area (TPSA) is 26.0 Å². The SMILES string of the molecule is C#Cc1cccc2c1C=CC(N)(C#C)C2. The van der Waals surface area contributed by atoms with Crippen molar-refractivity contribution in [1.29, 1.82) is 0 Å². The van der Waals surface area contributed by atoms with E-state index >= 15 is 0 Å². The monoisotopic (exact) mass is 193 g/mol. The van der Waals surface area contributed by atoms with E-state index in [1.807, 2.05) is 30.4 Å². The summed E-state index contributed by atoms with van der Waals surface area (Å²) in [6.07, 6.45) is 15.2. The molecular weight excluding hydrogens is 182 g/mol. The number of hydrogen-bond donors (Lipinski definition) is 1. The van der Waals surface area contributed by atoms with Crippen LogP contribution in [-0.2, 0) is 6.42 Å². The normalized spacial score (nSPS) is 22.6. The lowest BCUT2D eigenvalue weighted by atomic mass is 9.83. The van der Waals surface area contributed by atoms with Crippen LogP contribution in [0.2, 0.25) is 0 Å². The standard InChI is InChI=1S/C14H11N/c1-3-11-6-5-7-12-10-14(15,4-2)9-8-13(11)12/h1-2,5-9H,10,15H2. The van der Waals surface area contributed by atoms with Gasteiger partial charge in [0.1, 0.15) is 5.54 Å². The number of hydrogen-bond acceptors (Lipinski definition) is 1. The fourth-order valence-electron chi connectivity index (χ4n) is 1.80. The molecule has 1 aliphatic carbocycles. The van der Waals surface area contributed by atoms with Gasteiger partial charge in [-0.25, -0.2) is 0 Å². The first-order chi connectivity index (χ1) is 7.18. The van der Waals surface area contributed by atoms with Crippen molar-refractivity contribution in [3.05, 3.63) is 41.0 Å². The molecule has 1 aliphatic rings. The van der Waals surface area contributed by atoms with Gasteiger partial charge in [-0.3, -0.25) is 0 Å². The molecule has 1 unspecified atom stereocenters. The lowest BCUT2D eigenvalue weighted by Crippen LogP contribution is -2.39. The Balaban J connectivity index is 2.56. The number of benzene rings is 1. The molecule has 0 aliphatic heterocycles. The minimum Gasteiger partial charge on any atom is -0.312 e. The van der Waals surface area contributed by atoms with Crippen molar-refractivity contribution in [2.24, 2.45) is 5.73 Å². The number of fused-ring (bicyclic) bond motifs is 1. The highest BCUT2D eigenvalue weighted by Gasteiger charge is 2.24. The van der Waals surface area contributed by atoms with Gasteiger partial charge in [0.15, 0.2) is 0 Å². The zero-order valence-electron chi connectivity index (χ0n) is 8.33. The molecule has 0 saturated heterocycles. The van der Waals surface area contributed by atoms with Crippen molar-refractivity contribution >= 4 is 6.08 Å². The molecule has 2 N–H and O–H groups in total. The van der Waals surface area contributed by atoms with E-state index in [2.05, 4.69) is 11.8 Å². The third-order valence-electron chi connectivity index (χ3n) is 2.65. The lowest BCUT2D eigenvalue weighted by molar-refractivity contribution is 0.669. The summed E-state index contributed by atoms with van der Waals surface area (Å²) in [4.78, 5) is 0. The van der Waals surface area contributed by atoms with Gasteiger partial charge in [-0.1, -0.05) is 36.1 Å². The van der Waals surface area contributed by atoms with Gasteiger partial charge in [0.05, 0.1) is 0 Å². The largest absolute Gasteiger partial charge is 0.312 e. The summed E-state index contributed by atoms with van der Waals surface area (Å²) in [6.45, 7) is 0. The van der Waals surface area contributed by atoms with E-state index in [4.69, 9.17) is 18.6 Å². The fourth-order valence-corrected chi connectivity index (χ4v) is 1.80. The van der Waals surface area contributed by atoms with Crippen molar-refractivity contribution < 1.29 is 0 Å². The van der Waals surface area contributed by atoms with Gasteiger partial charge < -0.3 is 5.73 Å². The number of terminal acetylenes is 2. The van der Waals surface area contributed by atoms with Gasteiger partial charge in [-0.05, 0) is 17.2 Å². The molecule has 72 valence electrons. The maximum absolute atomic E-state index is 5.99. The average Bonchev–Trinajstić information content (AvgIpc) is 2.28. The van der Waals surface area contributed by atoms with Crippen molar-refractivity contribution in [3.63, 3.8) is 0 Å². The Bertz CT molecular complexity index is 511. The molecule has 0 spiro atoms. The Morgan fingerprint density at radius 1 is 1.33 bits per heavy atom. The van der Waals surface area contributed by atoms with Crippen LogP contribution in [0.4, 0.5) is 0 Å². The number of nitrogens with two attached hydrogens (primary N) is 1. The summed E-state index contributed by atoms with van der Waals surface area (Å²) >= 11 is 0. The zero-order chi connectivity index (χ0) is 10.9. The first-order valence-electron chi connectivity index (χ1n) is 4.73. The summed E-state index contributed by atoms with van der Waals surface area (Å²) in [5.74, 6) is 5.25. The van der Waals surface area contributed by atoms with Gasteiger partial charge >= 0.3 is 0 Å². The second-order valence-corrected chi connectivity index (χ2v) is 3.72. The molecule has 0 heterocycles. The van der Waals surface area contributed by atoms with Crippen LogP contribution in [0, 0.1) is 24.7 Å².